The van der Waals surface area contributed by atoms with Crippen molar-refractivity contribution in [2.45, 2.75) is 42.7 Å². The van der Waals surface area contributed by atoms with Crippen LogP contribution in [0.2, 0.25) is 0 Å². The van der Waals surface area contributed by atoms with Gasteiger partial charge in [-0.05, 0) is 30.4 Å². The maximum atomic E-state index is 12.8. The zero-order valence-corrected chi connectivity index (χ0v) is 16.0. The van der Waals surface area contributed by atoms with E-state index in [4.69, 9.17) is 4.74 Å². The Bertz CT molecular complexity index is 770. The Balaban J connectivity index is 1.16. The number of hydrogen-bond acceptors (Lipinski definition) is 4. The number of benzene rings is 1. The molecule has 2 atom stereocenters. The molecule has 1 saturated carbocycles. The van der Waals surface area contributed by atoms with Gasteiger partial charge in [-0.25, -0.2) is 4.79 Å². The number of carbonyl (C=O) groups is 2. The lowest BCUT2D eigenvalue weighted by Gasteiger charge is -2.46. The largest absolute Gasteiger partial charge is 0.395 e. The Hall–Kier alpha value is -2.12. The number of likely N-dealkylation sites (tertiary alicyclic amines) is 2. The van der Waals surface area contributed by atoms with Crippen LogP contribution in [-0.2, 0) is 14.9 Å². The molecule has 7 nitrogen and oxygen atoms in total. The van der Waals surface area contributed by atoms with Gasteiger partial charge in [-0.3, -0.25) is 4.79 Å². The fraction of sp³-hybridized carbons (Fsp3) is 0.619. The van der Waals surface area contributed by atoms with E-state index in [-0.39, 0.29) is 42.7 Å². The Morgan fingerprint density at radius 1 is 1.18 bits per heavy atom. The smallest absolute Gasteiger partial charge is 0.320 e. The molecule has 1 aliphatic carbocycles. The summed E-state index contributed by atoms with van der Waals surface area (Å²) < 4.78 is 5.56. The summed E-state index contributed by atoms with van der Waals surface area (Å²) in [6.07, 6.45) is 2.93. The second-order valence-corrected chi connectivity index (χ2v) is 8.70. The summed E-state index contributed by atoms with van der Waals surface area (Å²) in [6.45, 7) is 3.01. The SMILES string of the molecule is O=C1CO[C@H]2CCN(C(=O)N3CC(c4ccc(C5(CO)CC5)cc4)C3)C[C@H]2N1. The van der Waals surface area contributed by atoms with E-state index in [9.17, 15) is 14.7 Å². The zero-order chi connectivity index (χ0) is 19.3. The van der Waals surface area contributed by atoms with Crippen molar-refractivity contribution in [2.75, 3.05) is 39.4 Å². The molecule has 2 N–H and O–H groups in total. The average molecular weight is 385 g/mol. The molecule has 4 fully saturated rings. The van der Waals surface area contributed by atoms with Crippen LogP contribution in [-0.4, -0.2) is 78.4 Å². The Labute approximate surface area is 164 Å². The molecule has 5 rings (SSSR count). The first-order valence-corrected chi connectivity index (χ1v) is 10.2. The molecule has 0 aromatic heterocycles. The summed E-state index contributed by atoms with van der Waals surface area (Å²) in [5.74, 6) is 0.273. The maximum Gasteiger partial charge on any atom is 0.320 e. The molecule has 28 heavy (non-hydrogen) atoms. The first kappa shape index (κ1) is 17.9. The zero-order valence-electron chi connectivity index (χ0n) is 16.0. The number of morpholine rings is 1. The predicted octanol–water partition coefficient (Wildman–Crippen LogP) is 0.819. The molecule has 7 heteroatoms. The van der Waals surface area contributed by atoms with Gasteiger partial charge in [-0.1, -0.05) is 24.3 Å². The van der Waals surface area contributed by atoms with E-state index in [0.717, 1.165) is 32.4 Å². The lowest BCUT2D eigenvalue weighted by Crippen LogP contribution is -2.63. The lowest BCUT2D eigenvalue weighted by molar-refractivity contribution is -0.139. The van der Waals surface area contributed by atoms with Crippen LogP contribution in [0.25, 0.3) is 0 Å². The number of carbonyl (C=O) groups excluding carboxylic acids is 2. The fourth-order valence-corrected chi connectivity index (χ4v) is 4.72. The Morgan fingerprint density at radius 3 is 2.61 bits per heavy atom. The number of rotatable bonds is 3. The quantitative estimate of drug-likeness (QED) is 0.807. The molecule has 0 bridgehead atoms. The van der Waals surface area contributed by atoms with Gasteiger partial charge in [-0.15, -0.1) is 0 Å². The lowest BCUT2D eigenvalue weighted by atomic mass is 9.88. The summed E-state index contributed by atoms with van der Waals surface area (Å²) in [4.78, 5) is 28.1. The van der Waals surface area contributed by atoms with Gasteiger partial charge in [0.1, 0.15) is 6.61 Å². The van der Waals surface area contributed by atoms with Crippen molar-refractivity contribution in [1.29, 1.82) is 0 Å². The monoisotopic (exact) mass is 385 g/mol. The first-order chi connectivity index (χ1) is 13.6. The molecule has 3 aliphatic heterocycles. The van der Waals surface area contributed by atoms with E-state index >= 15 is 0 Å². The van der Waals surface area contributed by atoms with Gasteiger partial charge in [-0.2, -0.15) is 0 Å². The first-order valence-electron chi connectivity index (χ1n) is 10.2. The van der Waals surface area contributed by atoms with Crippen molar-refractivity contribution in [3.63, 3.8) is 0 Å². The normalized spacial score (nSPS) is 29.0. The number of fused-ring (bicyclic) bond motifs is 1. The Morgan fingerprint density at radius 2 is 1.93 bits per heavy atom. The van der Waals surface area contributed by atoms with Gasteiger partial charge in [0.05, 0.1) is 18.8 Å². The van der Waals surface area contributed by atoms with Crippen molar-refractivity contribution in [2.24, 2.45) is 0 Å². The van der Waals surface area contributed by atoms with Crippen LogP contribution in [0.15, 0.2) is 24.3 Å². The van der Waals surface area contributed by atoms with Gasteiger partial charge >= 0.3 is 6.03 Å². The van der Waals surface area contributed by atoms with Crippen LogP contribution in [0.1, 0.15) is 36.3 Å². The minimum absolute atomic E-state index is 0.00448. The topological polar surface area (TPSA) is 82.1 Å². The van der Waals surface area contributed by atoms with E-state index in [1.54, 1.807) is 0 Å². The van der Waals surface area contributed by atoms with E-state index < -0.39 is 0 Å². The molecule has 1 aromatic rings. The van der Waals surface area contributed by atoms with Crippen LogP contribution in [0.4, 0.5) is 4.79 Å². The third kappa shape index (κ3) is 3.06. The molecule has 1 aromatic carbocycles. The Kier molecular flexibility index (Phi) is 4.32. The predicted molar refractivity (Wildman–Crippen MR) is 102 cm³/mol. The molecule has 4 aliphatic rings. The van der Waals surface area contributed by atoms with Gasteiger partial charge in [0, 0.05) is 37.5 Å². The third-order valence-electron chi connectivity index (χ3n) is 6.90. The summed E-state index contributed by atoms with van der Waals surface area (Å²) in [5, 5.41) is 12.5. The second kappa shape index (κ2) is 6.74. The highest BCUT2D eigenvalue weighted by molar-refractivity contribution is 5.79. The summed E-state index contributed by atoms with van der Waals surface area (Å²) >= 11 is 0. The average Bonchev–Trinajstić information content (AvgIpc) is 3.48. The van der Waals surface area contributed by atoms with Crippen LogP contribution < -0.4 is 5.32 Å². The molecule has 0 unspecified atom stereocenters. The number of ether oxygens (including phenoxy) is 1. The number of nitrogens with one attached hydrogen (secondary N) is 1. The standard InChI is InChI=1S/C21H27N3O4/c25-13-21(6-7-21)16-3-1-14(2-4-16)15-9-24(10-15)20(27)23-8-5-18-17(11-23)22-19(26)12-28-18/h1-4,15,17-18,25H,5-13H2,(H,22,26)/t17-,18+/m1/s1. The van der Waals surface area contributed by atoms with E-state index in [2.05, 4.69) is 29.6 Å². The molecule has 3 saturated heterocycles. The van der Waals surface area contributed by atoms with Crippen LogP contribution in [0.3, 0.4) is 0 Å². The molecule has 0 radical (unpaired) electrons. The second-order valence-electron chi connectivity index (χ2n) is 8.70. The van der Waals surface area contributed by atoms with Gasteiger partial charge < -0.3 is 25.0 Å². The summed E-state index contributed by atoms with van der Waals surface area (Å²) in [6, 6.07) is 8.54. The van der Waals surface area contributed by atoms with Crippen molar-refractivity contribution in [3.05, 3.63) is 35.4 Å². The number of nitrogens with zero attached hydrogens (tertiary/aromatic N) is 2. The highest BCUT2D eigenvalue weighted by Crippen LogP contribution is 2.47. The number of urea groups is 1. The molecule has 0 spiro atoms. The van der Waals surface area contributed by atoms with Crippen molar-refractivity contribution in [3.8, 4) is 0 Å². The van der Waals surface area contributed by atoms with Gasteiger partial charge in [0.25, 0.3) is 0 Å². The van der Waals surface area contributed by atoms with Gasteiger partial charge in [0.15, 0.2) is 0 Å². The minimum atomic E-state index is -0.0998. The number of aliphatic hydroxyl groups excluding tert-OH is 1. The van der Waals surface area contributed by atoms with Gasteiger partial charge in [0.2, 0.25) is 5.91 Å². The van der Waals surface area contributed by atoms with Crippen LogP contribution in [0, 0.1) is 0 Å². The highest BCUT2D eigenvalue weighted by atomic mass is 16.5. The van der Waals surface area contributed by atoms with Crippen molar-refractivity contribution < 1.29 is 19.4 Å². The molecule has 3 heterocycles. The molecule has 3 amide bonds. The van der Waals surface area contributed by atoms with E-state index in [1.807, 2.05) is 9.80 Å². The number of amides is 3. The highest BCUT2D eigenvalue weighted by Gasteiger charge is 2.44. The minimum Gasteiger partial charge on any atom is -0.395 e. The van der Waals surface area contributed by atoms with E-state index in [1.165, 1.54) is 11.1 Å². The van der Waals surface area contributed by atoms with Crippen molar-refractivity contribution >= 4 is 11.9 Å². The van der Waals surface area contributed by atoms with E-state index in [0.29, 0.717) is 19.0 Å². The number of piperidine rings is 1. The number of hydrogen-bond donors (Lipinski definition) is 2. The molecule has 150 valence electrons. The van der Waals surface area contributed by atoms with Crippen molar-refractivity contribution in [1.82, 2.24) is 15.1 Å². The molecular formula is C21H27N3O4. The summed E-state index contributed by atoms with van der Waals surface area (Å²) in [5.41, 5.74) is 2.49. The third-order valence-corrected chi connectivity index (χ3v) is 6.90. The fourth-order valence-electron chi connectivity index (χ4n) is 4.72. The van der Waals surface area contributed by atoms with Crippen LogP contribution >= 0.6 is 0 Å². The van der Waals surface area contributed by atoms with Crippen LogP contribution in [0.5, 0.6) is 0 Å². The maximum absolute atomic E-state index is 12.8. The number of aliphatic hydroxyl groups is 1. The summed E-state index contributed by atoms with van der Waals surface area (Å²) in [7, 11) is 0. The molecular weight excluding hydrogens is 358 g/mol.